The van der Waals surface area contributed by atoms with Gasteiger partial charge in [0.2, 0.25) is 0 Å². The average molecular weight is 250 g/mol. The number of nitrogens with two attached hydrogens (primary N) is 1. The fraction of sp³-hybridized carbons (Fsp3) is 0.333. The maximum atomic E-state index is 11.6. The molecular weight excluding hydrogens is 236 g/mol. The Labute approximate surface area is 103 Å². The van der Waals surface area contributed by atoms with Crippen LogP contribution in [0.3, 0.4) is 0 Å². The van der Waals surface area contributed by atoms with Gasteiger partial charge in [0, 0.05) is 6.54 Å². The van der Waals surface area contributed by atoms with E-state index in [-0.39, 0.29) is 18.9 Å². The van der Waals surface area contributed by atoms with E-state index in [1.54, 1.807) is 25.1 Å². The van der Waals surface area contributed by atoms with Crippen molar-refractivity contribution in [2.75, 3.05) is 12.3 Å². The van der Waals surface area contributed by atoms with Gasteiger partial charge in [-0.25, -0.2) is 4.79 Å². The predicted molar refractivity (Wildman–Crippen MR) is 66.1 cm³/mol. The lowest BCUT2D eigenvalue weighted by Crippen LogP contribution is -2.18. The van der Waals surface area contributed by atoms with E-state index in [1.807, 2.05) is 0 Å². The fourth-order valence-electron chi connectivity index (χ4n) is 1.79. The van der Waals surface area contributed by atoms with E-state index >= 15 is 0 Å². The van der Waals surface area contributed by atoms with Gasteiger partial charge in [-0.15, -0.1) is 0 Å². The number of nitrogen functional groups attached to an aromatic ring is 1. The summed E-state index contributed by atoms with van der Waals surface area (Å²) >= 11 is 0. The Hall–Kier alpha value is -2.24. The Morgan fingerprint density at radius 3 is 3.00 bits per heavy atom. The van der Waals surface area contributed by atoms with Crippen LogP contribution in [0.4, 0.5) is 5.69 Å². The van der Waals surface area contributed by atoms with Crippen LogP contribution in [0, 0.1) is 0 Å². The van der Waals surface area contributed by atoms with E-state index in [0.29, 0.717) is 23.4 Å². The number of nitrogens with zero attached hydrogens (tertiary/aromatic N) is 1. The number of esters is 1. The number of rotatable bonds is 4. The molecule has 1 heterocycles. The minimum Gasteiger partial charge on any atom is -0.466 e. The van der Waals surface area contributed by atoms with Gasteiger partial charge in [0.25, 0.3) is 0 Å². The Balaban J connectivity index is 2.30. The van der Waals surface area contributed by atoms with Crippen LogP contribution in [0.2, 0.25) is 0 Å². The van der Waals surface area contributed by atoms with Gasteiger partial charge >= 0.3 is 11.7 Å². The summed E-state index contributed by atoms with van der Waals surface area (Å²) < 4.78 is 11.2. The van der Waals surface area contributed by atoms with Gasteiger partial charge in [0.1, 0.15) is 5.52 Å². The summed E-state index contributed by atoms with van der Waals surface area (Å²) in [6.45, 7) is 2.25. The second kappa shape index (κ2) is 4.95. The quantitative estimate of drug-likeness (QED) is 0.649. The lowest BCUT2D eigenvalue weighted by molar-refractivity contribution is -0.143. The number of benzene rings is 1. The molecule has 0 fully saturated rings. The largest absolute Gasteiger partial charge is 0.466 e. The van der Waals surface area contributed by atoms with Crippen LogP contribution in [-0.4, -0.2) is 17.1 Å². The minimum atomic E-state index is -0.521. The van der Waals surface area contributed by atoms with Crippen LogP contribution < -0.4 is 11.5 Å². The van der Waals surface area contributed by atoms with Crippen molar-refractivity contribution >= 4 is 22.8 Å². The number of hydrogen-bond acceptors (Lipinski definition) is 5. The summed E-state index contributed by atoms with van der Waals surface area (Å²) in [5, 5.41) is 0. The number of aromatic nitrogens is 1. The standard InChI is InChI=1S/C12H14N2O4/c1-2-17-10(15)6-7-14-11-8(13)4-3-5-9(11)18-12(14)16/h3-5H,2,6-7,13H2,1H3. The Morgan fingerprint density at radius 2 is 2.28 bits per heavy atom. The third-order valence-electron chi connectivity index (χ3n) is 2.56. The molecular formula is C12H14N2O4. The highest BCUT2D eigenvalue weighted by Crippen LogP contribution is 2.19. The van der Waals surface area contributed by atoms with Crippen LogP contribution in [-0.2, 0) is 16.1 Å². The number of carbonyl (C=O) groups is 1. The summed E-state index contributed by atoms with van der Waals surface area (Å²) in [6.07, 6.45) is 0.108. The van der Waals surface area contributed by atoms with Gasteiger partial charge in [0.15, 0.2) is 5.58 Å². The van der Waals surface area contributed by atoms with Crippen molar-refractivity contribution < 1.29 is 13.9 Å². The molecule has 0 radical (unpaired) electrons. The molecule has 0 aliphatic carbocycles. The molecule has 0 aliphatic heterocycles. The molecule has 1 aromatic carbocycles. The van der Waals surface area contributed by atoms with Crippen molar-refractivity contribution in [1.29, 1.82) is 0 Å². The zero-order valence-electron chi connectivity index (χ0n) is 10.0. The summed E-state index contributed by atoms with van der Waals surface area (Å²) in [5.41, 5.74) is 7.19. The van der Waals surface area contributed by atoms with E-state index < -0.39 is 5.76 Å². The highest BCUT2D eigenvalue weighted by molar-refractivity contribution is 5.85. The summed E-state index contributed by atoms with van der Waals surface area (Å²) in [6, 6.07) is 5.04. The predicted octanol–water partition coefficient (Wildman–Crippen LogP) is 1.13. The van der Waals surface area contributed by atoms with E-state index in [4.69, 9.17) is 14.9 Å². The molecule has 1 aromatic heterocycles. The van der Waals surface area contributed by atoms with Crippen molar-refractivity contribution in [2.45, 2.75) is 19.9 Å². The first kappa shape index (κ1) is 12.2. The van der Waals surface area contributed by atoms with Crippen LogP contribution in [0.1, 0.15) is 13.3 Å². The molecule has 0 bridgehead atoms. The highest BCUT2D eigenvalue weighted by Gasteiger charge is 2.13. The molecule has 2 aromatic rings. The summed E-state index contributed by atoms with van der Waals surface area (Å²) in [7, 11) is 0. The Kier molecular flexibility index (Phi) is 3.36. The SMILES string of the molecule is CCOC(=O)CCn1c(=O)oc2cccc(N)c21. The fourth-order valence-corrected chi connectivity index (χ4v) is 1.79. The number of fused-ring (bicyclic) bond motifs is 1. The van der Waals surface area contributed by atoms with Crippen molar-refractivity contribution in [3.05, 3.63) is 28.7 Å². The number of ether oxygens (including phenoxy) is 1. The maximum Gasteiger partial charge on any atom is 0.420 e. The second-order valence-corrected chi connectivity index (χ2v) is 3.77. The summed E-state index contributed by atoms with van der Waals surface area (Å²) in [5.74, 6) is -0.875. The van der Waals surface area contributed by atoms with Crippen molar-refractivity contribution in [1.82, 2.24) is 4.57 Å². The van der Waals surface area contributed by atoms with Crippen molar-refractivity contribution in [3.63, 3.8) is 0 Å². The van der Waals surface area contributed by atoms with Gasteiger partial charge in [-0.1, -0.05) is 6.07 Å². The van der Waals surface area contributed by atoms with Crippen LogP contribution in [0.15, 0.2) is 27.4 Å². The van der Waals surface area contributed by atoms with Gasteiger partial charge in [-0.05, 0) is 19.1 Å². The van der Waals surface area contributed by atoms with Crippen molar-refractivity contribution in [2.24, 2.45) is 0 Å². The lowest BCUT2D eigenvalue weighted by atomic mass is 10.3. The van der Waals surface area contributed by atoms with Crippen molar-refractivity contribution in [3.8, 4) is 0 Å². The van der Waals surface area contributed by atoms with Crippen LogP contribution in [0.25, 0.3) is 11.1 Å². The molecule has 0 saturated carbocycles. The smallest absolute Gasteiger partial charge is 0.420 e. The van der Waals surface area contributed by atoms with Crippen LogP contribution >= 0.6 is 0 Å². The van der Waals surface area contributed by atoms with E-state index in [9.17, 15) is 9.59 Å². The molecule has 2 rings (SSSR count). The molecule has 6 heteroatoms. The van der Waals surface area contributed by atoms with Gasteiger partial charge in [-0.3, -0.25) is 9.36 Å². The first-order valence-electron chi connectivity index (χ1n) is 5.67. The zero-order chi connectivity index (χ0) is 13.1. The number of carbonyl (C=O) groups excluding carboxylic acids is 1. The summed E-state index contributed by atoms with van der Waals surface area (Å²) in [4.78, 5) is 22.9. The van der Waals surface area contributed by atoms with Gasteiger partial charge in [0.05, 0.1) is 18.7 Å². The highest BCUT2D eigenvalue weighted by atomic mass is 16.5. The molecule has 0 amide bonds. The second-order valence-electron chi connectivity index (χ2n) is 3.77. The minimum absolute atomic E-state index is 0.108. The van der Waals surface area contributed by atoms with Crippen LogP contribution in [0.5, 0.6) is 0 Å². The zero-order valence-corrected chi connectivity index (χ0v) is 10.0. The van der Waals surface area contributed by atoms with Gasteiger partial charge < -0.3 is 14.9 Å². The molecule has 0 atom stereocenters. The third kappa shape index (κ3) is 2.22. The van der Waals surface area contributed by atoms with E-state index in [0.717, 1.165) is 0 Å². The monoisotopic (exact) mass is 250 g/mol. The number of aryl methyl sites for hydroxylation is 1. The lowest BCUT2D eigenvalue weighted by Gasteiger charge is -2.04. The normalized spacial score (nSPS) is 10.7. The van der Waals surface area contributed by atoms with Gasteiger partial charge in [-0.2, -0.15) is 0 Å². The topological polar surface area (TPSA) is 87.5 Å². The molecule has 6 nitrogen and oxygen atoms in total. The molecule has 0 saturated heterocycles. The average Bonchev–Trinajstić information content (AvgIpc) is 2.64. The molecule has 0 unspecified atom stereocenters. The number of oxazole rings is 1. The Morgan fingerprint density at radius 1 is 1.50 bits per heavy atom. The van der Waals surface area contributed by atoms with E-state index in [1.165, 1.54) is 4.57 Å². The molecule has 18 heavy (non-hydrogen) atoms. The molecule has 0 spiro atoms. The first-order chi connectivity index (χ1) is 8.63. The van der Waals surface area contributed by atoms with E-state index in [2.05, 4.69) is 0 Å². The maximum absolute atomic E-state index is 11.6. The first-order valence-corrected chi connectivity index (χ1v) is 5.67. The molecule has 2 N–H and O–H groups in total. The molecule has 96 valence electrons. The Bertz CT molecular complexity index is 627. The molecule has 0 aliphatic rings. The number of anilines is 1. The third-order valence-corrected chi connectivity index (χ3v) is 2.56. The number of hydrogen-bond donors (Lipinski definition) is 1. The number of para-hydroxylation sites is 1.